The molecule has 0 saturated carbocycles. The molecule has 4 rings (SSSR count). The second-order valence-corrected chi connectivity index (χ2v) is 7.21. The van der Waals surface area contributed by atoms with E-state index in [1.165, 1.54) is 0 Å². The summed E-state index contributed by atoms with van der Waals surface area (Å²) in [5, 5.41) is 8.07. The van der Waals surface area contributed by atoms with Gasteiger partial charge >= 0.3 is 0 Å². The quantitative estimate of drug-likeness (QED) is 0.675. The van der Waals surface area contributed by atoms with Gasteiger partial charge in [0.2, 0.25) is 0 Å². The van der Waals surface area contributed by atoms with Crippen molar-refractivity contribution in [2.75, 3.05) is 20.2 Å². The van der Waals surface area contributed by atoms with Crippen molar-refractivity contribution in [3.05, 3.63) is 59.2 Å². The molecule has 1 amide bonds. The van der Waals surface area contributed by atoms with Crippen molar-refractivity contribution in [2.45, 2.75) is 26.4 Å². The molecule has 7 nitrogen and oxygen atoms in total. The highest BCUT2D eigenvalue weighted by Crippen LogP contribution is 2.30. The lowest BCUT2D eigenvalue weighted by molar-refractivity contribution is 0.0672. The Hall–Kier alpha value is -2.93. The van der Waals surface area contributed by atoms with Crippen LogP contribution in [-0.2, 0) is 11.2 Å². The number of rotatable bonds is 5. The zero-order valence-corrected chi connectivity index (χ0v) is 16.2. The summed E-state index contributed by atoms with van der Waals surface area (Å²) < 4.78 is 16.4. The molecule has 1 fully saturated rings. The summed E-state index contributed by atoms with van der Waals surface area (Å²) >= 11 is 0. The molecule has 1 aliphatic rings. The normalized spacial score (nSPS) is 19.3. The summed E-state index contributed by atoms with van der Waals surface area (Å²) in [5.74, 6) is 1.38. The van der Waals surface area contributed by atoms with Crippen LogP contribution in [0.3, 0.4) is 0 Å². The molecule has 0 spiro atoms. The van der Waals surface area contributed by atoms with E-state index in [1.54, 1.807) is 14.0 Å². The molecule has 7 heteroatoms. The molecule has 28 heavy (non-hydrogen) atoms. The fraction of sp³-hybridized carbons (Fsp3) is 0.381. The van der Waals surface area contributed by atoms with Crippen molar-refractivity contribution >= 4 is 5.91 Å². The minimum atomic E-state index is -0.0871. The SMILES string of the molecule is CO[C@H]1CN(C(=O)c2c(-c3ccccc3)noc2C)C[C@H]1Cc1cc(C)no1. The largest absolute Gasteiger partial charge is 0.379 e. The van der Waals surface area contributed by atoms with Crippen LogP contribution in [0.25, 0.3) is 11.3 Å². The first-order valence-corrected chi connectivity index (χ1v) is 9.32. The molecule has 0 radical (unpaired) electrons. The Balaban J connectivity index is 1.57. The molecule has 0 unspecified atom stereocenters. The average molecular weight is 381 g/mol. The third-order valence-corrected chi connectivity index (χ3v) is 5.23. The minimum Gasteiger partial charge on any atom is -0.379 e. The molecule has 2 aromatic heterocycles. The average Bonchev–Trinajstić information content (AvgIpc) is 3.41. The summed E-state index contributed by atoms with van der Waals surface area (Å²) in [6.45, 7) is 4.76. The first-order chi connectivity index (χ1) is 13.6. The third-order valence-electron chi connectivity index (χ3n) is 5.23. The predicted octanol–water partition coefficient (Wildman–Crippen LogP) is 3.28. The zero-order valence-electron chi connectivity index (χ0n) is 16.2. The molecule has 0 N–H and O–H groups in total. The van der Waals surface area contributed by atoms with E-state index in [9.17, 15) is 4.79 Å². The highest BCUT2D eigenvalue weighted by molar-refractivity contribution is 6.01. The maximum absolute atomic E-state index is 13.3. The first-order valence-electron chi connectivity index (χ1n) is 9.32. The second-order valence-electron chi connectivity index (χ2n) is 7.21. The number of aryl methyl sites for hydroxylation is 2. The number of hydrogen-bond donors (Lipinski definition) is 0. The van der Waals surface area contributed by atoms with Crippen LogP contribution >= 0.6 is 0 Å². The van der Waals surface area contributed by atoms with Crippen molar-refractivity contribution in [3.63, 3.8) is 0 Å². The summed E-state index contributed by atoms with van der Waals surface area (Å²) in [6, 6.07) is 11.5. The van der Waals surface area contributed by atoms with E-state index in [0.717, 1.165) is 17.0 Å². The van der Waals surface area contributed by atoms with Gasteiger partial charge in [-0.05, 0) is 13.8 Å². The molecule has 0 aliphatic carbocycles. The van der Waals surface area contributed by atoms with Crippen LogP contribution in [0.2, 0.25) is 0 Å². The Labute approximate surface area is 163 Å². The van der Waals surface area contributed by atoms with E-state index in [1.807, 2.05) is 48.2 Å². The summed E-state index contributed by atoms with van der Waals surface area (Å²) in [6.07, 6.45) is 0.617. The van der Waals surface area contributed by atoms with Crippen molar-refractivity contribution in [1.29, 1.82) is 0 Å². The van der Waals surface area contributed by atoms with Gasteiger partial charge < -0.3 is 18.7 Å². The van der Waals surface area contributed by atoms with Gasteiger partial charge in [-0.25, -0.2) is 0 Å². The summed E-state index contributed by atoms with van der Waals surface area (Å²) in [7, 11) is 1.68. The fourth-order valence-electron chi connectivity index (χ4n) is 3.82. The number of methoxy groups -OCH3 is 1. The number of carbonyl (C=O) groups excluding carboxylic acids is 1. The highest BCUT2D eigenvalue weighted by atomic mass is 16.5. The van der Waals surface area contributed by atoms with Crippen LogP contribution in [0.15, 0.2) is 45.4 Å². The first kappa shape index (κ1) is 18.4. The number of carbonyl (C=O) groups is 1. The molecule has 3 heterocycles. The molecular formula is C21H23N3O4. The molecule has 0 bridgehead atoms. The van der Waals surface area contributed by atoms with Crippen molar-refractivity contribution in [3.8, 4) is 11.3 Å². The predicted molar refractivity (Wildman–Crippen MR) is 102 cm³/mol. The summed E-state index contributed by atoms with van der Waals surface area (Å²) in [4.78, 5) is 15.1. The topological polar surface area (TPSA) is 81.6 Å². The minimum absolute atomic E-state index is 0.0605. The van der Waals surface area contributed by atoms with Crippen molar-refractivity contribution in [1.82, 2.24) is 15.2 Å². The van der Waals surface area contributed by atoms with Crippen LogP contribution in [0.5, 0.6) is 0 Å². The van der Waals surface area contributed by atoms with E-state index in [-0.39, 0.29) is 17.9 Å². The second kappa shape index (κ2) is 7.59. The van der Waals surface area contributed by atoms with Gasteiger partial charge in [-0.3, -0.25) is 4.79 Å². The van der Waals surface area contributed by atoms with E-state index >= 15 is 0 Å². The number of hydrogen-bond acceptors (Lipinski definition) is 6. The van der Waals surface area contributed by atoms with E-state index in [4.69, 9.17) is 13.8 Å². The third kappa shape index (κ3) is 3.45. The number of benzene rings is 1. The van der Waals surface area contributed by atoms with Gasteiger partial charge in [0.25, 0.3) is 5.91 Å². The molecule has 1 aliphatic heterocycles. The lowest BCUT2D eigenvalue weighted by Crippen LogP contribution is -2.30. The van der Waals surface area contributed by atoms with E-state index in [2.05, 4.69) is 10.3 Å². The molecule has 3 aromatic rings. The zero-order chi connectivity index (χ0) is 19.7. The Bertz CT molecular complexity index is 963. The molecule has 1 aromatic carbocycles. The van der Waals surface area contributed by atoms with E-state index < -0.39 is 0 Å². The number of nitrogens with zero attached hydrogens (tertiary/aromatic N) is 3. The number of amides is 1. The number of ether oxygens (including phenoxy) is 1. The Morgan fingerprint density at radius 1 is 1.18 bits per heavy atom. The maximum atomic E-state index is 13.3. The van der Waals surface area contributed by atoms with Gasteiger partial charge in [0, 0.05) is 44.2 Å². The van der Waals surface area contributed by atoms with E-state index in [0.29, 0.717) is 36.5 Å². The molecule has 2 atom stereocenters. The van der Waals surface area contributed by atoms with Gasteiger partial charge in [-0.1, -0.05) is 40.6 Å². The van der Waals surface area contributed by atoms with Crippen molar-refractivity contribution in [2.24, 2.45) is 5.92 Å². The van der Waals surface area contributed by atoms with Crippen LogP contribution < -0.4 is 0 Å². The molecule has 1 saturated heterocycles. The van der Waals surface area contributed by atoms with Gasteiger partial charge in [-0.2, -0.15) is 0 Å². The molecular weight excluding hydrogens is 358 g/mol. The van der Waals surface area contributed by atoms with Crippen molar-refractivity contribution < 1.29 is 18.6 Å². The Morgan fingerprint density at radius 2 is 1.96 bits per heavy atom. The Kier molecular flexibility index (Phi) is 5.00. The van der Waals surface area contributed by atoms with Gasteiger partial charge in [0.05, 0.1) is 11.8 Å². The molecule has 146 valence electrons. The number of likely N-dealkylation sites (tertiary alicyclic amines) is 1. The van der Waals surface area contributed by atoms with Gasteiger partial charge in [0.15, 0.2) is 0 Å². The lowest BCUT2D eigenvalue weighted by atomic mass is 10.0. The van der Waals surface area contributed by atoms with Crippen LogP contribution in [0.4, 0.5) is 0 Å². The van der Waals surface area contributed by atoms with Crippen LogP contribution in [0.1, 0.15) is 27.6 Å². The van der Waals surface area contributed by atoms with Gasteiger partial charge in [-0.15, -0.1) is 0 Å². The number of aromatic nitrogens is 2. The smallest absolute Gasteiger partial charge is 0.259 e. The Morgan fingerprint density at radius 3 is 2.64 bits per heavy atom. The fourth-order valence-corrected chi connectivity index (χ4v) is 3.82. The standard InChI is InChI=1S/C21H23N3O4/c1-13-9-17(28-22-13)10-16-11-24(12-18(16)26-3)21(25)19-14(2)27-23-20(19)15-7-5-4-6-8-15/h4-9,16,18H,10-12H2,1-3H3/t16-,18+/m1/s1. The van der Waals surface area contributed by atoms with Gasteiger partial charge in [0.1, 0.15) is 22.8 Å². The lowest BCUT2D eigenvalue weighted by Gasteiger charge is -2.16. The summed E-state index contributed by atoms with van der Waals surface area (Å²) in [5.41, 5.74) is 2.80. The van der Waals surface area contributed by atoms with Crippen LogP contribution in [-0.4, -0.2) is 47.4 Å². The van der Waals surface area contributed by atoms with Crippen LogP contribution in [0, 0.1) is 19.8 Å². The maximum Gasteiger partial charge on any atom is 0.259 e. The highest BCUT2D eigenvalue weighted by Gasteiger charge is 2.38. The monoisotopic (exact) mass is 381 g/mol.